The maximum Gasteiger partial charge on any atom is 0.312 e. The SMILES string of the molecule is CC[CH][Si](C)(C)O[Si](C)(C)O[Si](C)(C)O[Si](C)(C)CCC. The molecule has 0 aliphatic heterocycles. The fraction of sp³-hybridized carbons (Fsp3) is 0.929. The van der Waals surface area contributed by atoms with Gasteiger partial charge in [-0.05, 0) is 64.5 Å². The van der Waals surface area contributed by atoms with Gasteiger partial charge in [0.25, 0.3) is 0 Å². The maximum absolute atomic E-state index is 6.49. The molecule has 0 aliphatic carbocycles. The first kappa shape index (κ1) is 21.7. The fourth-order valence-electron chi connectivity index (χ4n) is 3.12. The molecule has 0 fully saturated rings. The van der Waals surface area contributed by atoms with E-state index < -0.39 is 33.8 Å². The predicted octanol–water partition coefficient (Wildman–Crippen LogP) is 5.41. The Balaban J connectivity index is 4.75. The lowest BCUT2D eigenvalue weighted by atomic mass is 10.6. The van der Waals surface area contributed by atoms with Crippen LogP contribution in [0.2, 0.25) is 58.4 Å². The molecule has 0 heterocycles. The largest absolute Gasteiger partial charge is 0.436 e. The number of hydrogen-bond donors (Lipinski definition) is 0. The molecule has 0 saturated carbocycles. The summed E-state index contributed by atoms with van der Waals surface area (Å²) in [5, 5.41) is 0. The van der Waals surface area contributed by atoms with Crippen molar-refractivity contribution in [3.8, 4) is 0 Å². The molecule has 0 unspecified atom stereocenters. The van der Waals surface area contributed by atoms with Gasteiger partial charge in [0, 0.05) is 0 Å². The number of hydrogen-bond acceptors (Lipinski definition) is 3. The smallest absolute Gasteiger partial charge is 0.312 e. The van der Waals surface area contributed by atoms with Gasteiger partial charge in [0.15, 0.2) is 16.6 Å². The van der Waals surface area contributed by atoms with E-state index in [1.165, 1.54) is 12.5 Å². The van der Waals surface area contributed by atoms with Gasteiger partial charge < -0.3 is 12.3 Å². The normalized spacial score (nSPS) is 14.6. The van der Waals surface area contributed by atoms with Crippen LogP contribution >= 0.6 is 0 Å². The minimum absolute atomic E-state index is 1.07. The van der Waals surface area contributed by atoms with Gasteiger partial charge in [-0.2, -0.15) is 0 Å². The monoisotopic (exact) mass is 365 g/mol. The molecule has 0 atom stereocenters. The molecule has 7 heteroatoms. The predicted molar refractivity (Wildman–Crippen MR) is 103 cm³/mol. The van der Waals surface area contributed by atoms with Crippen molar-refractivity contribution in [2.75, 3.05) is 0 Å². The molecule has 1 radical (unpaired) electrons. The van der Waals surface area contributed by atoms with E-state index in [0.717, 1.165) is 6.42 Å². The average Bonchev–Trinajstić information content (AvgIpc) is 2.09. The zero-order valence-electron chi connectivity index (χ0n) is 15.9. The second-order valence-corrected chi connectivity index (χ2v) is 23.5. The third-order valence-corrected chi connectivity index (χ3v) is 18.3. The van der Waals surface area contributed by atoms with Crippen molar-refractivity contribution in [3.05, 3.63) is 6.04 Å². The Morgan fingerprint density at radius 1 is 0.714 bits per heavy atom. The molecule has 0 spiro atoms. The average molecular weight is 366 g/mol. The lowest BCUT2D eigenvalue weighted by Crippen LogP contribution is -2.56. The summed E-state index contributed by atoms with van der Waals surface area (Å²) in [5.41, 5.74) is 0. The van der Waals surface area contributed by atoms with Crippen molar-refractivity contribution in [3.63, 3.8) is 0 Å². The van der Waals surface area contributed by atoms with Gasteiger partial charge >= 0.3 is 17.1 Å². The van der Waals surface area contributed by atoms with Crippen LogP contribution in [0, 0.1) is 6.04 Å². The van der Waals surface area contributed by atoms with Crippen molar-refractivity contribution in [1.82, 2.24) is 0 Å². The third kappa shape index (κ3) is 10.2. The molecule has 21 heavy (non-hydrogen) atoms. The molecule has 0 amide bonds. The van der Waals surface area contributed by atoms with Crippen LogP contribution in [0.5, 0.6) is 0 Å². The highest BCUT2D eigenvalue weighted by Crippen LogP contribution is 2.26. The van der Waals surface area contributed by atoms with Crippen LogP contribution in [0.15, 0.2) is 0 Å². The molecular formula is C14H37O3Si4. The van der Waals surface area contributed by atoms with Crippen LogP contribution < -0.4 is 0 Å². The van der Waals surface area contributed by atoms with Crippen LogP contribution in [0.1, 0.15) is 26.7 Å². The summed E-state index contributed by atoms with van der Waals surface area (Å²) in [7, 11) is -7.60. The Hall–Kier alpha value is 0.748. The zero-order chi connectivity index (χ0) is 16.9. The molecule has 0 aliphatic rings. The summed E-state index contributed by atoms with van der Waals surface area (Å²) in [6.07, 6.45) is 2.25. The van der Waals surface area contributed by atoms with Gasteiger partial charge in [-0.25, -0.2) is 0 Å². The standard InChI is InChI=1S/C14H37O3Si4/c1-11-13-18(3,4)15-20(7,8)17-21(9,10)16-19(5,6)14-12-2/h13H,11-12,14H2,1-10H3. The highest BCUT2D eigenvalue weighted by atomic mass is 28.5. The van der Waals surface area contributed by atoms with Crippen LogP contribution in [0.25, 0.3) is 0 Å². The minimum Gasteiger partial charge on any atom is -0.436 e. The molecule has 0 aromatic rings. The fourth-order valence-corrected chi connectivity index (χ4v) is 22.3. The molecule has 127 valence electrons. The van der Waals surface area contributed by atoms with E-state index in [-0.39, 0.29) is 0 Å². The van der Waals surface area contributed by atoms with E-state index in [4.69, 9.17) is 12.3 Å². The van der Waals surface area contributed by atoms with E-state index in [0.29, 0.717) is 0 Å². The highest BCUT2D eigenvalue weighted by Gasteiger charge is 2.42. The summed E-state index contributed by atoms with van der Waals surface area (Å²) >= 11 is 0. The van der Waals surface area contributed by atoms with Gasteiger partial charge in [-0.3, -0.25) is 0 Å². The lowest BCUT2D eigenvalue weighted by molar-refractivity contribution is 0.329. The summed E-state index contributed by atoms with van der Waals surface area (Å²) in [6, 6.07) is 3.54. The van der Waals surface area contributed by atoms with Crippen LogP contribution in [0.3, 0.4) is 0 Å². The first-order chi connectivity index (χ1) is 9.24. The Morgan fingerprint density at radius 2 is 1.19 bits per heavy atom. The maximum atomic E-state index is 6.49. The first-order valence-electron chi connectivity index (χ1n) is 8.19. The quantitative estimate of drug-likeness (QED) is 0.484. The second-order valence-electron chi connectivity index (χ2n) is 7.83. The van der Waals surface area contributed by atoms with E-state index in [1.807, 2.05) is 0 Å². The van der Waals surface area contributed by atoms with Crippen molar-refractivity contribution in [1.29, 1.82) is 0 Å². The Labute approximate surface area is 137 Å². The van der Waals surface area contributed by atoms with Gasteiger partial charge in [0.05, 0.1) is 0 Å². The van der Waals surface area contributed by atoms with E-state index in [1.54, 1.807) is 0 Å². The van der Waals surface area contributed by atoms with Crippen molar-refractivity contribution in [2.24, 2.45) is 0 Å². The van der Waals surface area contributed by atoms with Crippen LogP contribution in [-0.2, 0) is 12.3 Å². The van der Waals surface area contributed by atoms with Gasteiger partial charge in [-0.1, -0.05) is 26.7 Å². The lowest BCUT2D eigenvalue weighted by Gasteiger charge is -2.41. The van der Waals surface area contributed by atoms with Crippen molar-refractivity contribution >= 4 is 33.8 Å². The van der Waals surface area contributed by atoms with Gasteiger partial charge in [0.2, 0.25) is 0 Å². The summed E-state index contributed by atoms with van der Waals surface area (Å²) in [6.45, 7) is 22.2. The minimum atomic E-state index is -2.14. The van der Waals surface area contributed by atoms with E-state index >= 15 is 0 Å². The second kappa shape index (κ2) is 8.03. The molecule has 0 N–H and O–H groups in total. The summed E-state index contributed by atoms with van der Waals surface area (Å²) in [4.78, 5) is 0. The number of rotatable bonds is 10. The first-order valence-corrected chi connectivity index (χ1v) is 19.9. The molecular weight excluding hydrogens is 328 g/mol. The molecule has 0 aromatic heterocycles. The molecule has 0 rings (SSSR count). The highest BCUT2D eigenvalue weighted by molar-refractivity contribution is 6.90. The van der Waals surface area contributed by atoms with Gasteiger partial charge in [0.1, 0.15) is 0 Å². The van der Waals surface area contributed by atoms with E-state index in [9.17, 15) is 0 Å². The summed E-state index contributed by atoms with van der Waals surface area (Å²) < 4.78 is 19.4. The Morgan fingerprint density at radius 3 is 1.62 bits per heavy atom. The molecule has 3 nitrogen and oxygen atoms in total. The molecule has 0 saturated heterocycles. The van der Waals surface area contributed by atoms with Gasteiger partial charge in [-0.15, -0.1) is 0 Å². The van der Waals surface area contributed by atoms with Crippen molar-refractivity contribution < 1.29 is 12.3 Å². The Kier molecular flexibility index (Phi) is 8.31. The van der Waals surface area contributed by atoms with Crippen LogP contribution in [0.4, 0.5) is 0 Å². The molecule has 0 bridgehead atoms. The van der Waals surface area contributed by atoms with E-state index in [2.05, 4.69) is 72.3 Å². The topological polar surface area (TPSA) is 27.7 Å². The zero-order valence-corrected chi connectivity index (χ0v) is 19.9. The third-order valence-electron chi connectivity index (χ3n) is 3.07. The van der Waals surface area contributed by atoms with Crippen LogP contribution in [-0.4, -0.2) is 33.8 Å². The Bertz CT molecular complexity index is 287. The summed E-state index contributed by atoms with van der Waals surface area (Å²) in [5.74, 6) is 0. The molecule has 0 aromatic carbocycles. The van der Waals surface area contributed by atoms with Crippen molar-refractivity contribution in [2.45, 2.75) is 85.1 Å².